The molecule has 108 valence electrons. The maximum atomic E-state index is 12.1. The van der Waals surface area contributed by atoms with E-state index in [1.807, 2.05) is 0 Å². The molecular weight excluding hydrogens is 292 g/mol. The van der Waals surface area contributed by atoms with Gasteiger partial charge in [-0.15, -0.1) is 0 Å². The van der Waals surface area contributed by atoms with Gasteiger partial charge in [0.1, 0.15) is 0 Å². The first kappa shape index (κ1) is 15.0. The van der Waals surface area contributed by atoms with E-state index < -0.39 is 11.9 Å². The van der Waals surface area contributed by atoms with Crippen molar-refractivity contribution in [1.82, 2.24) is 4.98 Å². The van der Waals surface area contributed by atoms with Gasteiger partial charge in [0.25, 0.3) is 5.91 Å². The molecule has 21 heavy (non-hydrogen) atoms. The molecule has 1 amide bonds. The summed E-state index contributed by atoms with van der Waals surface area (Å²) in [4.78, 5) is 27.2. The van der Waals surface area contributed by atoms with E-state index in [4.69, 9.17) is 16.7 Å². The lowest BCUT2D eigenvalue weighted by Gasteiger charge is -2.09. The number of halogens is 1. The van der Waals surface area contributed by atoms with Crippen molar-refractivity contribution in [2.24, 2.45) is 0 Å². The number of benzene rings is 1. The van der Waals surface area contributed by atoms with Crippen molar-refractivity contribution in [3.8, 4) is 0 Å². The maximum absolute atomic E-state index is 12.1. The third-order valence-corrected chi connectivity index (χ3v) is 3.27. The van der Waals surface area contributed by atoms with Crippen molar-refractivity contribution in [2.75, 3.05) is 5.32 Å². The number of hydrogen-bond donors (Lipinski definition) is 2. The van der Waals surface area contributed by atoms with Crippen LogP contribution in [-0.4, -0.2) is 22.0 Å². The molecule has 2 N–H and O–H groups in total. The Balaban J connectivity index is 2.27. The highest BCUT2D eigenvalue weighted by Gasteiger charge is 2.13. The van der Waals surface area contributed by atoms with Crippen LogP contribution in [-0.2, 0) is 0 Å². The van der Waals surface area contributed by atoms with E-state index in [1.165, 1.54) is 12.3 Å². The number of aromatic nitrogens is 1. The summed E-state index contributed by atoms with van der Waals surface area (Å²) in [7, 11) is 0. The lowest BCUT2D eigenvalue weighted by Crippen LogP contribution is -2.14. The topological polar surface area (TPSA) is 79.3 Å². The summed E-state index contributed by atoms with van der Waals surface area (Å²) >= 11 is 6.00. The van der Waals surface area contributed by atoms with Crippen LogP contribution in [0, 0.1) is 13.8 Å². The van der Waals surface area contributed by atoms with Gasteiger partial charge in [-0.2, -0.15) is 0 Å². The van der Waals surface area contributed by atoms with Crippen molar-refractivity contribution < 1.29 is 14.7 Å². The number of nitrogens with one attached hydrogen (secondary N) is 1. The molecule has 6 heteroatoms. The molecular formula is C15H13ClN2O3. The second kappa shape index (κ2) is 5.93. The molecule has 0 aliphatic carbocycles. The molecule has 1 heterocycles. The van der Waals surface area contributed by atoms with Crippen LogP contribution in [0.1, 0.15) is 32.0 Å². The fraction of sp³-hybridized carbons (Fsp3) is 0.133. The molecule has 0 atom stereocenters. The van der Waals surface area contributed by atoms with Crippen LogP contribution in [0.15, 0.2) is 30.5 Å². The number of carboxylic acids is 1. The quantitative estimate of drug-likeness (QED) is 0.912. The van der Waals surface area contributed by atoms with Gasteiger partial charge in [0.05, 0.1) is 16.1 Å². The van der Waals surface area contributed by atoms with Gasteiger partial charge < -0.3 is 10.4 Å². The molecule has 0 fully saturated rings. The summed E-state index contributed by atoms with van der Waals surface area (Å²) in [6.45, 7) is 3.46. The summed E-state index contributed by atoms with van der Waals surface area (Å²) < 4.78 is 0. The molecule has 0 radical (unpaired) electrons. The number of amides is 1. The van der Waals surface area contributed by atoms with E-state index in [9.17, 15) is 9.59 Å². The minimum atomic E-state index is -1.04. The van der Waals surface area contributed by atoms with Crippen LogP contribution in [0.3, 0.4) is 0 Å². The SMILES string of the molecule is Cc1cc(Cl)c(C(=O)Nc2ccc(C)c(C(=O)O)c2)cn1. The first-order chi connectivity index (χ1) is 9.88. The number of aryl methyl sites for hydroxylation is 2. The van der Waals surface area contributed by atoms with Crippen molar-refractivity contribution >= 4 is 29.2 Å². The molecule has 1 aromatic carbocycles. The van der Waals surface area contributed by atoms with E-state index >= 15 is 0 Å². The van der Waals surface area contributed by atoms with Crippen molar-refractivity contribution in [3.05, 3.63) is 57.9 Å². The standard InChI is InChI=1S/C15H13ClN2O3/c1-8-3-4-10(6-11(8)15(20)21)18-14(19)12-7-17-9(2)5-13(12)16/h3-7H,1-2H3,(H,18,19)(H,20,21). The van der Waals surface area contributed by atoms with Crippen LogP contribution in [0.2, 0.25) is 5.02 Å². The Morgan fingerprint density at radius 2 is 1.90 bits per heavy atom. The molecule has 5 nitrogen and oxygen atoms in total. The van der Waals surface area contributed by atoms with Gasteiger partial charge in [-0.1, -0.05) is 17.7 Å². The lowest BCUT2D eigenvalue weighted by atomic mass is 10.1. The van der Waals surface area contributed by atoms with Gasteiger partial charge in [-0.3, -0.25) is 9.78 Å². The Labute approximate surface area is 126 Å². The second-order valence-corrected chi connectivity index (χ2v) is 5.00. The smallest absolute Gasteiger partial charge is 0.336 e. The average Bonchev–Trinajstić information content (AvgIpc) is 2.40. The van der Waals surface area contributed by atoms with Gasteiger partial charge in [0, 0.05) is 17.6 Å². The molecule has 1 aromatic heterocycles. The molecule has 0 unspecified atom stereocenters. The summed E-state index contributed by atoms with van der Waals surface area (Å²) in [6, 6.07) is 6.27. The number of aromatic carboxylic acids is 1. The first-order valence-corrected chi connectivity index (χ1v) is 6.53. The zero-order valence-corrected chi connectivity index (χ0v) is 12.2. The number of hydrogen-bond acceptors (Lipinski definition) is 3. The van der Waals surface area contributed by atoms with Gasteiger partial charge in [0.2, 0.25) is 0 Å². The van der Waals surface area contributed by atoms with Crippen molar-refractivity contribution in [2.45, 2.75) is 13.8 Å². The molecule has 0 spiro atoms. The summed E-state index contributed by atoms with van der Waals surface area (Å²) in [5.41, 5.74) is 2.09. The number of rotatable bonds is 3. The van der Waals surface area contributed by atoms with Crippen LogP contribution >= 0.6 is 11.6 Å². The minimum absolute atomic E-state index is 0.140. The van der Waals surface area contributed by atoms with E-state index in [0.29, 0.717) is 22.0 Å². The van der Waals surface area contributed by atoms with E-state index in [-0.39, 0.29) is 11.1 Å². The van der Waals surface area contributed by atoms with Crippen molar-refractivity contribution in [1.29, 1.82) is 0 Å². The molecule has 0 aliphatic heterocycles. The van der Waals surface area contributed by atoms with E-state index in [1.54, 1.807) is 32.0 Å². The largest absolute Gasteiger partial charge is 0.478 e. The van der Waals surface area contributed by atoms with Crippen LogP contribution < -0.4 is 5.32 Å². The van der Waals surface area contributed by atoms with Gasteiger partial charge in [0.15, 0.2) is 0 Å². The molecule has 0 saturated carbocycles. The predicted molar refractivity (Wildman–Crippen MR) is 80.1 cm³/mol. The molecule has 0 aliphatic rings. The van der Waals surface area contributed by atoms with E-state index in [0.717, 1.165) is 0 Å². The molecule has 0 bridgehead atoms. The number of pyridine rings is 1. The van der Waals surface area contributed by atoms with Crippen LogP contribution in [0.25, 0.3) is 0 Å². The van der Waals surface area contributed by atoms with E-state index in [2.05, 4.69) is 10.3 Å². The number of carbonyl (C=O) groups is 2. The Hall–Kier alpha value is -2.40. The summed E-state index contributed by atoms with van der Waals surface area (Å²) in [5.74, 6) is -1.48. The number of carboxylic acid groups (broad SMARTS) is 1. The lowest BCUT2D eigenvalue weighted by molar-refractivity contribution is 0.0695. The summed E-state index contributed by atoms with van der Waals surface area (Å²) in [6.07, 6.45) is 1.39. The Morgan fingerprint density at radius 1 is 1.19 bits per heavy atom. The van der Waals surface area contributed by atoms with Crippen LogP contribution in [0.5, 0.6) is 0 Å². The number of anilines is 1. The zero-order valence-electron chi connectivity index (χ0n) is 11.5. The van der Waals surface area contributed by atoms with Gasteiger partial charge in [-0.05, 0) is 37.6 Å². The second-order valence-electron chi connectivity index (χ2n) is 4.59. The number of carbonyl (C=O) groups excluding carboxylic acids is 1. The Morgan fingerprint density at radius 3 is 2.52 bits per heavy atom. The number of nitrogens with zero attached hydrogens (tertiary/aromatic N) is 1. The fourth-order valence-electron chi connectivity index (χ4n) is 1.82. The average molecular weight is 305 g/mol. The Bertz CT molecular complexity index is 729. The molecule has 2 aromatic rings. The first-order valence-electron chi connectivity index (χ1n) is 6.16. The van der Waals surface area contributed by atoms with Crippen molar-refractivity contribution in [3.63, 3.8) is 0 Å². The predicted octanol–water partition coefficient (Wildman–Crippen LogP) is 3.30. The maximum Gasteiger partial charge on any atom is 0.336 e. The fourth-order valence-corrected chi connectivity index (χ4v) is 2.11. The molecule has 2 rings (SSSR count). The monoisotopic (exact) mass is 304 g/mol. The third kappa shape index (κ3) is 3.38. The van der Waals surface area contributed by atoms with Crippen LogP contribution in [0.4, 0.5) is 5.69 Å². The highest BCUT2D eigenvalue weighted by molar-refractivity contribution is 6.34. The third-order valence-electron chi connectivity index (χ3n) is 2.96. The highest BCUT2D eigenvalue weighted by Crippen LogP contribution is 2.19. The normalized spacial score (nSPS) is 10.2. The van der Waals surface area contributed by atoms with Gasteiger partial charge in [-0.25, -0.2) is 4.79 Å². The highest BCUT2D eigenvalue weighted by atomic mass is 35.5. The summed E-state index contributed by atoms with van der Waals surface area (Å²) in [5, 5.41) is 12.0. The Kier molecular flexibility index (Phi) is 4.23. The zero-order chi connectivity index (χ0) is 15.6. The minimum Gasteiger partial charge on any atom is -0.478 e. The molecule has 0 saturated heterocycles. The van der Waals surface area contributed by atoms with Gasteiger partial charge >= 0.3 is 5.97 Å².